The Morgan fingerprint density at radius 1 is 1.35 bits per heavy atom. The summed E-state index contributed by atoms with van der Waals surface area (Å²) in [7, 11) is 1.89. The van der Waals surface area contributed by atoms with Crippen LogP contribution < -0.4 is 0 Å². The molecule has 3 aromatic heterocycles. The van der Waals surface area contributed by atoms with Crippen LogP contribution in [0.3, 0.4) is 0 Å². The van der Waals surface area contributed by atoms with E-state index < -0.39 is 0 Å². The van der Waals surface area contributed by atoms with E-state index in [0.717, 1.165) is 27.9 Å². The van der Waals surface area contributed by atoms with Gasteiger partial charge in [0.15, 0.2) is 5.16 Å². The minimum atomic E-state index is -0.00305. The normalized spacial score (nSPS) is 11.3. The largest absolute Gasteiger partial charge is 0.390 e. The molecule has 0 spiro atoms. The van der Waals surface area contributed by atoms with Gasteiger partial charge in [0.2, 0.25) is 0 Å². The molecule has 5 nitrogen and oxygen atoms in total. The lowest BCUT2D eigenvalue weighted by atomic mass is 10.5. The van der Waals surface area contributed by atoms with Gasteiger partial charge in [0.05, 0.1) is 29.2 Å². The molecule has 20 heavy (non-hydrogen) atoms. The molecular weight excluding hydrogens is 296 g/mol. The number of aliphatic hydroxyl groups is 1. The summed E-state index contributed by atoms with van der Waals surface area (Å²) in [4.78, 5) is 8.80. The third kappa shape index (κ3) is 2.54. The predicted octanol–water partition coefficient (Wildman–Crippen LogP) is 2.51. The first-order valence-electron chi connectivity index (χ1n) is 6.05. The molecule has 7 heteroatoms. The molecule has 0 fully saturated rings. The minimum absolute atomic E-state index is 0.00305. The van der Waals surface area contributed by atoms with Gasteiger partial charge in [-0.1, -0.05) is 23.4 Å². The summed E-state index contributed by atoms with van der Waals surface area (Å²) in [6, 6.07) is 3.72. The second-order valence-electron chi connectivity index (χ2n) is 4.38. The van der Waals surface area contributed by atoms with Crippen LogP contribution in [-0.2, 0) is 19.4 Å². The third-order valence-electron chi connectivity index (χ3n) is 3.02. The van der Waals surface area contributed by atoms with Gasteiger partial charge >= 0.3 is 0 Å². The molecule has 0 unspecified atom stereocenters. The summed E-state index contributed by atoms with van der Waals surface area (Å²) in [6.07, 6.45) is 5.48. The Balaban J connectivity index is 1.77. The molecule has 0 aliphatic rings. The molecule has 0 atom stereocenters. The molecule has 3 aromatic rings. The van der Waals surface area contributed by atoms with Crippen molar-refractivity contribution in [3.8, 4) is 0 Å². The van der Waals surface area contributed by atoms with Crippen LogP contribution in [0.5, 0.6) is 0 Å². The average Bonchev–Trinajstić information content (AvgIpc) is 2.99. The summed E-state index contributed by atoms with van der Waals surface area (Å²) in [5.74, 6) is 0.717. The van der Waals surface area contributed by atoms with Crippen molar-refractivity contribution in [1.29, 1.82) is 0 Å². The quantitative estimate of drug-likeness (QED) is 0.752. The van der Waals surface area contributed by atoms with Crippen LogP contribution >= 0.6 is 23.4 Å². The Labute approximate surface area is 125 Å². The lowest BCUT2D eigenvalue weighted by Crippen LogP contribution is -1.97. The highest BCUT2D eigenvalue weighted by molar-refractivity contribution is 7.98. The van der Waals surface area contributed by atoms with E-state index in [4.69, 9.17) is 16.7 Å². The smallest absolute Gasteiger partial charge is 0.168 e. The highest BCUT2D eigenvalue weighted by Crippen LogP contribution is 2.22. The maximum Gasteiger partial charge on any atom is 0.168 e. The Kier molecular flexibility index (Phi) is 3.69. The number of imidazole rings is 2. The SMILES string of the molecule is Cn1c(CO)cnc1SCc1cn2cc(Cl)ccc2n1. The molecule has 3 heterocycles. The van der Waals surface area contributed by atoms with E-state index >= 15 is 0 Å². The van der Waals surface area contributed by atoms with Crippen LogP contribution in [0.1, 0.15) is 11.4 Å². The van der Waals surface area contributed by atoms with E-state index in [-0.39, 0.29) is 6.61 Å². The Morgan fingerprint density at radius 3 is 2.95 bits per heavy atom. The second-order valence-corrected chi connectivity index (χ2v) is 5.76. The lowest BCUT2D eigenvalue weighted by molar-refractivity contribution is 0.271. The molecule has 0 aliphatic carbocycles. The highest BCUT2D eigenvalue weighted by Gasteiger charge is 2.08. The molecule has 0 bridgehead atoms. The van der Waals surface area contributed by atoms with Gasteiger partial charge in [-0.25, -0.2) is 9.97 Å². The first-order chi connectivity index (χ1) is 9.67. The molecule has 0 saturated carbocycles. The Hall–Kier alpha value is -1.50. The van der Waals surface area contributed by atoms with Gasteiger partial charge in [0, 0.05) is 25.2 Å². The average molecular weight is 309 g/mol. The number of hydrogen-bond acceptors (Lipinski definition) is 4. The van der Waals surface area contributed by atoms with E-state index in [1.807, 2.05) is 40.5 Å². The van der Waals surface area contributed by atoms with Gasteiger partial charge in [-0.3, -0.25) is 0 Å². The summed E-state index contributed by atoms with van der Waals surface area (Å²) in [6.45, 7) is -0.00305. The van der Waals surface area contributed by atoms with Crippen LogP contribution in [-0.4, -0.2) is 24.0 Å². The number of halogens is 1. The molecule has 0 amide bonds. The molecule has 0 aliphatic heterocycles. The number of aromatic nitrogens is 4. The van der Waals surface area contributed by atoms with E-state index in [2.05, 4.69) is 9.97 Å². The zero-order valence-electron chi connectivity index (χ0n) is 10.8. The van der Waals surface area contributed by atoms with Crippen LogP contribution in [0.15, 0.2) is 35.9 Å². The zero-order valence-corrected chi connectivity index (χ0v) is 12.4. The maximum absolute atomic E-state index is 9.14. The number of thioether (sulfide) groups is 1. The molecule has 1 N–H and O–H groups in total. The van der Waals surface area contributed by atoms with Crippen molar-refractivity contribution in [3.05, 3.63) is 47.1 Å². The Morgan fingerprint density at radius 2 is 2.20 bits per heavy atom. The van der Waals surface area contributed by atoms with Gasteiger partial charge in [-0.15, -0.1) is 0 Å². The summed E-state index contributed by atoms with van der Waals surface area (Å²) < 4.78 is 3.80. The van der Waals surface area contributed by atoms with Crippen molar-refractivity contribution in [2.75, 3.05) is 0 Å². The Bertz CT molecular complexity index is 752. The summed E-state index contributed by atoms with van der Waals surface area (Å²) in [5.41, 5.74) is 2.64. The van der Waals surface area contributed by atoms with E-state index in [1.165, 1.54) is 0 Å². The predicted molar refractivity (Wildman–Crippen MR) is 78.9 cm³/mol. The number of aliphatic hydroxyl groups excluding tert-OH is 1. The van der Waals surface area contributed by atoms with E-state index in [1.54, 1.807) is 18.0 Å². The van der Waals surface area contributed by atoms with Crippen molar-refractivity contribution in [3.63, 3.8) is 0 Å². The van der Waals surface area contributed by atoms with Crippen LogP contribution in [0, 0.1) is 0 Å². The number of hydrogen-bond donors (Lipinski definition) is 1. The van der Waals surface area contributed by atoms with Crippen molar-refractivity contribution >= 4 is 29.0 Å². The monoisotopic (exact) mass is 308 g/mol. The molecular formula is C13H13ClN4OS. The standard InChI is InChI=1S/C13H13ClN4OS/c1-17-11(7-19)4-15-13(17)20-8-10-6-18-5-9(14)2-3-12(18)16-10/h2-6,19H,7-8H2,1H3. The maximum atomic E-state index is 9.14. The highest BCUT2D eigenvalue weighted by atomic mass is 35.5. The van der Waals surface area contributed by atoms with Crippen LogP contribution in [0.25, 0.3) is 5.65 Å². The third-order valence-corrected chi connectivity index (χ3v) is 4.32. The number of rotatable bonds is 4. The first-order valence-corrected chi connectivity index (χ1v) is 7.41. The second kappa shape index (κ2) is 5.47. The molecule has 104 valence electrons. The lowest BCUT2D eigenvalue weighted by Gasteiger charge is -2.02. The van der Waals surface area contributed by atoms with Gasteiger partial charge in [0.25, 0.3) is 0 Å². The van der Waals surface area contributed by atoms with Gasteiger partial charge < -0.3 is 14.1 Å². The van der Waals surface area contributed by atoms with E-state index in [0.29, 0.717) is 5.02 Å². The summed E-state index contributed by atoms with van der Waals surface area (Å²) in [5, 5.41) is 10.7. The van der Waals surface area contributed by atoms with Crippen molar-refractivity contribution in [2.45, 2.75) is 17.5 Å². The zero-order chi connectivity index (χ0) is 14.1. The van der Waals surface area contributed by atoms with Gasteiger partial charge in [-0.2, -0.15) is 0 Å². The fourth-order valence-electron chi connectivity index (χ4n) is 1.93. The van der Waals surface area contributed by atoms with Crippen LogP contribution in [0.2, 0.25) is 5.02 Å². The fraction of sp³-hybridized carbons (Fsp3) is 0.231. The van der Waals surface area contributed by atoms with E-state index in [9.17, 15) is 0 Å². The molecule has 0 radical (unpaired) electrons. The van der Waals surface area contributed by atoms with Crippen molar-refractivity contribution in [1.82, 2.24) is 18.9 Å². The molecule has 0 saturated heterocycles. The molecule has 3 rings (SSSR count). The van der Waals surface area contributed by atoms with Crippen LogP contribution in [0.4, 0.5) is 0 Å². The van der Waals surface area contributed by atoms with Gasteiger partial charge in [-0.05, 0) is 12.1 Å². The topological polar surface area (TPSA) is 55.3 Å². The van der Waals surface area contributed by atoms with Crippen molar-refractivity contribution in [2.24, 2.45) is 7.05 Å². The molecule has 0 aromatic carbocycles. The summed E-state index contributed by atoms with van der Waals surface area (Å²) >= 11 is 7.54. The number of pyridine rings is 1. The minimum Gasteiger partial charge on any atom is -0.390 e. The van der Waals surface area contributed by atoms with Gasteiger partial charge in [0.1, 0.15) is 5.65 Å². The number of nitrogens with zero attached hydrogens (tertiary/aromatic N) is 4. The first kappa shape index (κ1) is 13.5. The van der Waals surface area contributed by atoms with Crippen molar-refractivity contribution < 1.29 is 5.11 Å². The fourth-order valence-corrected chi connectivity index (χ4v) is 2.95. The number of fused-ring (bicyclic) bond motifs is 1.